The van der Waals surface area contributed by atoms with Crippen molar-refractivity contribution in [3.8, 4) is 11.1 Å². The number of carbonyl (C=O) groups excluding carboxylic acids is 3. The van der Waals surface area contributed by atoms with E-state index in [4.69, 9.17) is 4.74 Å². The number of hydrogen-bond acceptors (Lipinski definition) is 8. The summed E-state index contributed by atoms with van der Waals surface area (Å²) in [5.41, 5.74) is 3.39. The van der Waals surface area contributed by atoms with Crippen LogP contribution in [-0.4, -0.2) is 35.1 Å². The molecule has 2 amide bonds. The first-order valence-electron chi connectivity index (χ1n) is 12.6. The predicted octanol–water partition coefficient (Wildman–Crippen LogP) is 7.18. The highest BCUT2D eigenvalue weighted by molar-refractivity contribution is 8.00. The third kappa shape index (κ3) is 7.19. The number of nitro benzene ring substituents is 1. The zero-order chi connectivity index (χ0) is 29.5. The Labute approximate surface area is 245 Å². The van der Waals surface area contributed by atoms with Gasteiger partial charge in [-0.15, -0.1) is 23.1 Å². The Balaban J connectivity index is 1.49. The van der Waals surface area contributed by atoms with Crippen LogP contribution in [0.1, 0.15) is 39.6 Å². The number of hydrogen-bond donors (Lipinski definition) is 2. The maximum Gasteiger partial charge on any atom is 0.341 e. The molecule has 0 aliphatic carbocycles. The summed E-state index contributed by atoms with van der Waals surface area (Å²) in [6.45, 7) is 3.87. The number of rotatable bonds is 10. The van der Waals surface area contributed by atoms with Gasteiger partial charge in [-0.2, -0.15) is 0 Å². The Bertz CT molecular complexity index is 1600. The first kappa shape index (κ1) is 29.5. The lowest BCUT2D eigenvalue weighted by Gasteiger charge is -2.16. The molecule has 4 aromatic rings. The lowest BCUT2D eigenvalue weighted by molar-refractivity contribution is -0.384. The Morgan fingerprint density at radius 2 is 1.76 bits per heavy atom. The van der Waals surface area contributed by atoms with Gasteiger partial charge in [0.05, 0.1) is 17.3 Å². The minimum absolute atomic E-state index is 0.158. The van der Waals surface area contributed by atoms with E-state index in [9.17, 15) is 24.5 Å². The van der Waals surface area contributed by atoms with E-state index in [2.05, 4.69) is 10.6 Å². The second kappa shape index (κ2) is 13.2. The van der Waals surface area contributed by atoms with Crippen molar-refractivity contribution in [2.75, 3.05) is 17.7 Å². The van der Waals surface area contributed by atoms with Gasteiger partial charge in [-0.1, -0.05) is 48.9 Å². The molecule has 0 saturated carbocycles. The van der Waals surface area contributed by atoms with Gasteiger partial charge in [0.25, 0.3) is 11.6 Å². The van der Waals surface area contributed by atoms with Gasteiger partial charge in [-0.25, -0.2) is 4.79 Å². The monoisotopic (exact) mass is 589 g/mol. The Kier molecular flexibility index (Phi) is 9.53. The van der Waals surface area contributed by atoms with Gasteiger partial charge < -0.3 is 15.4 Å². The van der Waals surface area contributed by atoms with Crippen LogP contribution in [-0.2, 0) is 9.53 Å². The number of aryl methyl sites for hydroxylation is 1. The summed E-state index contributed by atoms with van der Waals surface area (Å²) in [5, 5.41) is 18.5. The number of amides is 2. The standard InChI is InChI=1S/C30H27N3O6S2/c1-4-25(28(35)32-29-26(30(36)39-3)24(17-40-29)19-13-11-18(2)12-14-19)41-23-10-6-8-21(16-23)31-27(34)20-7-5-9-22(15-20)33(37)38/h5-17,25H,4H2,1-3H3,(H,31,34)(H,32,35). The van der Waals surface area contributed by atoms with E-state index in [0.29, 0.717) is 28.2 Å². The van der Waals surface area contributed by atoms with Gasteiger partial charge in [0.2, 0.25) is 5.91 Å². The summed E-state index contributed by atoms with van der Waals surface area (Å²) >= 11 is 2.58. The predicted molar refractivity (Wildman–Crippen MR) is 162 cm³/mol. The Morgan fingerprint density at radius 3 is 2.44 bits per heavy atom. The van der Waals surface area contributed by atoms with Crippen LogP contribution < -0.4 is 10.6 Å². The van der Waals surface area contributed by atoms with Crippen molar-refractivity contribution >= 4 is 57.3 Å². The molecule has 1 atom stereocenters. The third-order valence-electron chi connectivity index (χ3n) is 6.13. The van der Waals surface area contributed by atoms with E-state index < -0.39 is 22.0 Å². The Morgan fingerprint density at radius 1 is 1.02 bits per heavy atom. The van der Waals surface area contributed by atoms with Gasteiger partial charge in [0.15, 0.2) is 0 Å². The molecule has 0 fully saturated rings. The summed E-state index contributed by atoms with van der Waals surface area (Å²) in [6, 6.07) is 20.2. The molecule has 0 aliphatic rings. The fourth-order valence-corrected chi connectivity index (χ4v) is 5.96. The number of nitro groups is 1. The summed E-state index contributed by atoms with van der Waals surface area (Å²) in [7, 11) is 1.31. The molecule has 41 heavy (non-hydrogen) atoms. The number of nitrogens with zero attached hydrogens (tertiary/aromatic N) is 1. The summed E-state index contributed by atoms with van der Waals surface area (Å²) < 4.78 is 5.02. The molecule has 0 bridgehead atoms. The van der Waals surface area contributed by atoms with Crippen molar-refractivity contribution in [1.82, 2.24) is 0 Å². The SMILES string of the molecule is CCC(Sc1cccc(NC(=O)c2cccc([N+](=O)[O-])c2)c1)C(=O)Nc1scc(-c2ccc(C)cc2)c1C(=O)OC. The number of benzene rings is 3. The molecular weight excluding hydrogens is 562 g/mol. The molecule has 9 nitrogen and oxygen atoms in total. The number of anilines is 2. The number of nitrogens with one attached hydrogen (secondary N) is 2. The Hall–Kier alpha value is -4.48. The maximum absolute atomic E-state index is 13.3. The van der Waals surface area contributed by atoms with Gasteiger partial charge in [-0.3, -0.25) is 19.7 Å². The number of thioether (sulfide) groups is 1. The summed E-state index contributed by atoms with van der Waals surface area (Å²) in [6.07, 6.45) is 0.504. The van der Waals surface area contributed by atoms with Crippen LogP contribution in [0.15, 0.2) is 83.1 Å². The van der Waals surface area contributed by atoms with E-state index >= 15 is 0 Å². The van der Waals surface area contributed by atoms with E-state index in [1.54, 1.807) is 18.2 Å². The van der Waals surface area contributed by atoms with Gasteiger partial charge in [-0.05, 0) is 43.2 Å². The van der Waals surface area contributed by atoms with E-state index in [1.807, 2.05) is 49.6 Å². The van der Waals surface area contributed by atoms with E-state index in [1.165, 1.54) is 54.5 Å². The number of esters is 1. The quantitative estimate of drug-likeness (QED) is 0.0868. The summed E-state index contributed by atoms with van der Waals surface area (Å²) in [5.74, 6) is -1.30. The van der Waals surface area contributed by atoms with Crippen LogP contribution in [0.5, 0.6) is 0 Å². The van der Waals surface area contributed by atoms with Gasteiger partial charge >= 0.3 is 5.97 Å². The maximum atomic E-state index is 13.3. The summed E-state index contributed by atoms with van der Waals surface area (Å²) in [4.78, 5) is 49.9. The molecule has 1 aromatic heterocycles. The molecule has 0 radical (unpaired) electrons. The second-order valence-electron chi connectivity index (χ2n) is 9.00. The van der Waals surface area contributed by atoms with Crippen LogP contribution in [0.4, 0.5) is 16.4 Å². The molecule has 2 N–H and O–H groups in total. The number of non-ortho nitro benzene ring substituents is 1. The zero-order valence-electron chi connectivity index (χ0n) is 22.5. The molecular formula is C30H27N3O6S2. The number of ether oxygens (including phenoxy) is 1. The van der Waals surface area contributed by atoms with Gasteiger partial charge in [0.1, 0.15) is 10.6 Å². The lowest BCUT2D eigenvalue weighted by Crippen LogP contribution is -2.25. The average Bonchev–Trinajstić information content (AvgIpc) is 3.39. The van der Waals surface area contributed by atoms with Crippen molar-refractivity contribution in [2.45, 2.75) is 30.4 Å². The number of thiophene rings is 1. The largest absolute Gasteiger partial charge is 0.465 e. The third-order valence-corrected chi connectivity index (χ3v) is 8.39. The average molecular weight is 590 g/mol. The minimum Gasteiger partial charge on any atom is -0.465 e. The molecule has 0 spiro atoms. The highest BCUT2D eigenvalue weighted by Crippen LogP contribution is 2.37. The smallest absolute Gasteiger partial charge is 0.341 e. The van der Waals surface area contributed by atoms with E-state index in [0.717, 1.165) is 16.0 Å². The molecule has 11 heteroatoms. The normalized spacial score (nSPS) is 11.4. The molecule has 1 unspecified atom stereocenters. The second-order valence-corrected chi connectivity index (χ2v) is 11.2. The fourth-order valence-electron chi connectivity index (χ4n) is 3.99. The molecule has 0 aliphatic heterocycles. The topological polar surface area (TPSA) is 128 Å². The van der Waals surface area contributed by atoms with Crippen LogP contribution in [0.2, 0.25) is 0 Å². The van der Waals surface area contributed by atoms with Crippen LogP contribution in [0, 0.1) is 17.0 Å². The van der Waals surface area contributed by atoms with Crippen LogP contribution in [0.3, 0.4) is 0 Å². The van der Waals surface area contributed by atoms with Crippen molar-refractivity contribution < 1.29 is 24.0 Å². The molecule has 4 rings (SSSR count). The van der Waals surface area contributed by atoms with E-state index in [-0.39, 0.29) is 17.2 Å². The molecule has 0 saturated heterocycles. The highest BCUT2D eigenvalue weighted by Gasteiger charge is 2.25. The molecule has 3 aromatic carbocycles. The molecule has 210 valence electrons. The van der Waals surface area contributed by atoms with Crippen molar-refractivity contribution in [1.29, 1.82) is 0 Å². The van der Waals surface area contributed by atoms with Crippen molar-refractivity contribution in [3.63, 3.8) is 0 Å². The highest BCUT2D eigenvalue weighted by atomic mass is 32.2. The lowest BCUT2D eigenvalue weighted by atomic mass is 10.0. The number of carbonyl (C=O) groups is 3. The van der Waals surface area contributed by atoms with Crippen molar-refractivity contribution in [2.24, 2.45) is 0 Å². The minimum atomic E-state index is -0.558. The van der Waals surface area contributed by atoms with Crippen LogP contribution >= 0.6 is 23.1 Å². The first-order valence-corrected chi connectivity index (χ1v) is 14.4. The van der Waals surface area contributed by atoms with Crippen LogP contribution in [0.25, 0.3) is 11.1 Å². The zero-order valence-corrected chi connectivity index (χ0v) is 24.1. The number of methoxy groups -OCH3 is 1. The van der Waals surface area contributed by atoms with Crippen molar-refractivity contribution in [3.05, 3.63) is 105 Å². The first-order chi connectivity index (χ1) is 19.7. The fraction of sp³-hybridized carbons (Fsp3) is 0.167. The van der Waals surface area contributed by atoms with Gasteiger partial charge in [0, 0.05) is 39.2 Å². The molecule has 1 heterocycles.